The summed E-state index contributed by atoms with van der Waals surface area (Å²) in [7, 11) is 0. The van der Waals surface area contributed by atoms with E-state index in [1.807, 2.05) is 71.3 Å². The van der Waals surface area contributed by atoms with Crippen LogP contribution < -0.4 is 10.1 Å². The summed E-state index contributed by atoms with van der Waals surface area (Å²) in [6.45, 7) is 4.58. The highest BCUT2D eigenvalue weighted by Crippen LogP contribution is 2.30. The lowest BCUT2D eigenvalue weighted by Crippen LogP contribution is -2.59. The molecule has 0 atom stereocenters. The number of hydrogen-bond donors (Lipinski definition) is 1. The Kier molecular flexibility index (Phi) is 5.53. The van der Waals surface area contributed by atoms with E-state index in [1.54, 1.807) is 0 Å². The van der Waals surface area contributed by atoms with Gasteiger partial charge in [0.25, 0.3) is 5.91 Å². The molecule has 2 heterocycles. The molecule has 2 amide bonds. The van der Waals surface area contributed by atoms with E-state index >= 15 is 0 Å². The second kappa shape index (κ2) is 8.25. The van der Waals surface area contributed by atoms with Crippen molar-refractivity contribution in [2.75, 3.05) is 32.8 Å². The van der Waals surface area contributed by atoms with Gasteiger partial charge in [-0.05, 0) is 31.2 Å². The zero-order valence-corrected chi connectivity index (χ0v) is 16.8. The maximum Gasteiger partial charge on any atom is 0.253 e. The number of likely N-dealkylation sites (tertiary alicyclic amines) is 1. The molecule has 2 aromatic carbocycles. The zero-order chi connectivity index (χ0) is 20.3. The van der Waals surface area contributed by atoms with Crippen molar-refractivity contribution in [1.82, 2.24) is 15.1 Å². The highest BCUT2D eigenvalue weighted by Gasteiger charge is 2.47. The predicted octanol–water partition coefficient (Wildman–Crippen LogP) is 2.44. The highest BCUT2D eigenvalue weighted by atomic mass is 16.5. The number of piperidine rings is 1. The summed E-state index contributed by atoms with van der Waals surface area (Å²) in [5.41, 5.74) is 1.43. The lowest BCUT2D eigenvalue weighted by molar-refractivity contribution is -0.132. The van der Waals surface area contributed by atoms with Gasteiger partial charge in [-0.15, -0.1) is 0 Å². The van der Waals surface area contributed by atoms with Crippen molar-refractivity contribution < 1.29 is 14.3 Å². The number of hydrogen-bond acceptors (Lipinski definition) is 4. The molecule has 4 rings (SSSR count). The summed E-state index contributed by atoms with van der Waals surface area (Å²) in [5, 5.41) is 3.41. The molecule has 2 saturated heterocycles. The number of aryl methyl sites for hydroxylation is 1. The van der Waals surface area contributed by atoms with Crippen LogP contribution in [0.3, 0.4) is 0 Å². The summed E-state index contributed by atoms with van der Waals surface area (Å²) in [6.07, 6.45) is 1.45. The first-order chi connectivity index (χ1) is 14.1. The second-order valence-corrected chi connectivity index (χ2v) is 7.75. The predicted molar refractivity (Wildman–Crippen MR) is 111 cm³/mol. The summed E-state index contributed by atoms with van der Waals surface area (Å²) in [5.74, 6) is 0.965. The monoisotopic (exact) mass is 393 g/mol. The average Bonchev–Trinajstić information content (AvgIpc) is 3.04. The number of rotatable bonds is 5. The molecule has 0 saturated carbocycles. The van der Waals surface area contributed by atoms with Crippen LogP contribution in [0.25, 0.3) is 0 Å². The normalized spacial score (nSPS) is 18.3. The fourth-order valence-electron chi connectivity index (χ4n) is 4.27. The summed E-state index contributed by atoms with van der Waals surface area (Å²) < 4.78 is 5.79. The van der Waals surface area contributed by atoms with Gasteiger partial charge in [-0.1, -0.05) is 35.9 Å². The van der Waals surface area contributed by atoms with Crippen LogP contribution in [0.5, 0.6) is 5.75 Å². The molecule has 6 heteroatoms. The Morgan fingerprint density at radius 2 is 1.86 bits per heavy atom. The van der Waals surface area contributed by atoms with Gasteiger partial charge in [0.2, 0.25) is 5.91 Å². The number of nitrogens with one attached hydrogen (secondary N) is 1. The molecule has 0 aliphatic carbocycles. The van der Waals surface area contributed by atoms with Crippen LogP contribution in [-0.2, 0) is 4.79 Å². The van der Waals surface area contributed by atoms with Crippen LogP contribution in [0.2, 0.25) is 0 Å². The van der Waals surface area contributed by atoms with Crippen LogP contribution in [0.1, 0.15) is 28.8 Å². The molecule has 6 nitrogen and oxygen atoms in total. The Labute approximate surface area is 171 Å². The van der Waals surface area contributed by atoms with Crippen molar-refractivity contribution in [1.29, 1.82) is 0 Å². The Balaban J connectivity index is 1.36. The highest BCUT2D eigenvalue weighted by molar-refractivity contribution is 5.94. The minimum atomic E-state index is -0.374. The third-order valence-electron chi connectivity index (χ3n) is 5.86. The fourth-order valence-corrected chi connectivity index (χ4v) is 4.27. The smallest absolute Gasteiger partial charge is 0.253 e. The van der Waals surface area contributed by atoms with Crippen molar-refractivity contribution in [2.24, 2.45) is 0 Å². The summed E-state index contributed by atoms with van der Waals surface area (Å²) >= 11 is 0. The molecule has 2 fully saturated rings. The first-order valence-electron chi connectivity index (χ1n) is 10.2. The topological polar surface area (TPSA) is 61.9 Å². The van der Waals surface area contributed by atoms with Gasteiger partial charge < -0.3 is 14.5 Å². The Hall–Kier alpha value is -2.86. The van der Waals surface area contributed by atoms with Crippen LogP contribution in [0, 0.1) is 6.92 Å². The molecule has 2 aliphatic rings. The molecule has 2 aromatic rings. The van der Waals surface area contributed by atoms with Crippen molar-refractivity contribution in [3.63, 3.8) is 0 Å². The maximum atomic E-state index is 12.8. The van der Waals surface area contributed by atoms with E-state index in [1.165, 1.54) is 0 Å². The molecule has 29 heavy (non-hydrogen) atoms. The fraction of sp³-hybridized carbons (Fsp3) is 0.391. The molecule has 0 unspecified atom stereocenters. The maximum absolute atomic E-state index is 12.8. The number of carbonyl (C=O) groups excluding carboxylic acids is 2. The van der Waals surface area contributed by atoms with Crippen LogP contribution >= 0.6 is 0 Å². The van der Waals surface area contributed by atoms with Gasteiger partial charge in [0.15, 0.2) is 0 Å². The number of nitrogens with zero attached hydrogens (tertiary/aromatic N) is 2. The molecule has 1 spiro atoms. The molecular formula is C23H27N3O3. The van der Waals surface area contributed by atoms with Crippen molar-refractivity contribution in [3.05, 3.63) is 65.7 Å². The van der Waals surface area contributed by atoms with E-state index in [9.17, 15) is 9.59 Å². The van der Waals surface area contributed by atoms with Crippen LogP contribution in [-0.4, -0.2) is 60.1 Å². The standard InChI is InChI=1S/C23H27N3O3/c1-18-6-5-7-19(16-18)22(28)25-12-10-23(11-13-25)24-17-21(27)26(23)14-15-29-20-8-3-2-4-9-20/h2-9,16,24H,10-15,17H2,1H3. The number of benzene rings is 2. The molecule has 0 aromatic heterocycles. The molecule has 0 radical (unpaired) electrons. The third kappa shape index (κ3) is 4.12. The number of para-hydroxylation sites is 1. The van der Waals surface area contributed by atoms with E-state index in [0.717, 1.165) is 29.7 Å². The number of carbonyl (C=O) groups is 2. The molecular weight excluding hydrogens is 366 g/mol. The summed E-state index contributed by atoms with van der Waals surface area (Å²) in [6, 6.07) is 17.3. The second-order valence-electron chi connectivity index (χ2n) is 7.75. The van der Waals surface area contributed by atoms with Gasteiger partial charge in [0.1, 0.15) is 12.4 Å². The lowest BCUT2D eigenvalue weighted by Gasteiger charge is -2.44. The van der Waals surface area contributed by atoms with Crippen molar-refractivity contribution in [3.8, 4) is 5.75 Å². The third-order valence-corrected chi connectivity index (χ3v) is 5.86. The Morgan fingerprint density at radius 1 is 1.10 bits per heavy atom. The molecule has 2 aliphatic heterocycles. The molecule has 0 bridgehead atoms. The van der Waals surface area contributed by atoms with Crippen LogP contribution in [0.15, 0.2) is 54.6 Å². The van der Waals surface area contributed by atoms with E-state index in [-0.39, 0.29) is 17.5 Å². The zero-order valence-electron chi connectivity index (χ0n) is 16.8. The van der Waals surface area contributed by atoms with Gasteiger partial charge in [-0.25, -0.2) is 0 Å². The van der Waals surface area contributed by atoms with Crippen molar-refractivity contribution in [2.45, 2.75) is 25.4 Å². The van der Waals surface area contributed by atoms with Crippen molar-refractivity contribution >= 4 is 11.8 Å². The summed E-state index contributed by atoms with van der Waals surface area (Å²) in [4.78, 5) is 29.1. The first kappa shape index (κ1) is 19.5. The Bertz CT molecular complexity index is 876. The molecule has 1 N–H and O–H groups in total. The van der Waals surface area contributed by atoms with E-state index < -0.39 is 0 Å². The van der Waals surface area contributed by atoms with E-state index in [0.29, 0.717) is 32.8 Å². The largest absolute Gasteiger partial charge is 0.492 e. The van der Waals surface area contributed by atoms with E-state index in [2.05, 4.69) is 5.32 Å². The molecule has 152 valence electrons. The van der Waals surface area contributed by atoms with Gasteiger partial charge in [0, 0.05) is 31.5 Å². The number of amides is 2. The van der Waals surface area contributed by atoms with Gasteiger partial charge in [-0.3, -0.25) is 14.9 Å². The van der Waals surface area contributed by atoms with E-state index in [4.69, 9.17) is 4.74 Å². The lowest BCUT2D eigenvalue weighted by atomic mass is 9.95. The van der Waals surface area contributed by atoms with Gasteiger partial charge in [-0.2, -0.15) is 0 Å². The minimum Gasteiger partial charge on any atom is -0.492 e. The van der Waals surface area contributed by atoms with Crippen LogP contribution in [0.4, 0.5) is 0 Å². The first-order valence-corrected chi connectivity index (χ1v) is 10.2. The quantitative estimate of drug-likeness (QED) is 0.848. The minimum absolute atomic E-state index is 0.0619. The average molecular weight is 393 g/mol. The Morgan fingerprint density at radius 3 is 2.59 bits per heavy atom. The van der Waals surface area contributed by atoms with Gasteiger partial charge in [0.05, 0.1) is 18.8 Å². The van der Waals surface area contributed by atoms with Gasteiger partial charge >= 0.3 is 0 Å². The SMILES string of the molecule is Cc1cccc(C(=O)N2CCC3(CC2)NCC(=O)N3CCOc2ccccc2)c1. The number of ether oxygens (including phenoxy) is 1.